The van der Waals surface area contributed by atoms with Crippen LogP contribution < -0.4 is 0 Å². The van der Waals surface area contributed by atoms with Crippen LogP contribution in [0.3, 0.4) is 0 Å². The fourth-order valence-electron chi connectivity index (χ4n) is 8.91. The largest absolute Gasteiger partial charge is 0.323 e. The molecule has 0 unspecified atom stereocenters. The first-order chi connectivity index (χ1) is 27.8. The van der Waals surface area contributed by atoms with Gasteiger partial charge in [0.2, 0.25) is 5.78 Å². The van der Waals surface area contributed by atoms with E-state index >= 15 is 0 Å². The van der Waals surface area contributed by atoms with Crippen LogP contribution in [0, 0.1) is 0 Å². The summed E-state index contributed by atoms with van der Waals surface area (Å²) in [4.78, 5) is 8.97. The summed E-state index contributed by atoms with van der Waals surface area (Å²) in [5.74, 6) is 0.819. The van der Waals surface area contributed by atoms with Crippen molar-refractivity contribution in [3.8, 4) is 45.0 Å². The van der Waals surface area contributed by atoms with E-state index in [1.807, 2.05) is 0 Å². The van der Waals surface area contributed by atoms with Crippen molar-refractivity contribution in [2.45, 2.75) is 0 Å². The molecular formula is C51H33N5. The van der Waals surface area contributed by atoms with Gasteiger partial charge in [-0.3, -0.25) is 4.40 Å². The molecule has 0 saturated heterocycles. The Labute approximate surface area is 322 Å². The van der Waals surface area contributed by atoms with Gasteiger partial charge in [-0.25, -0.2) is 4.98 Å². The van der Waals surface area contributed by atoms with Gasteiger partial charge in [0, 0.05) is 44.0 Å². The lowest BCUT2D eigenvalue weighted by atomic mass is 10.0. The van der Waals surface area contributed by atoms with Crippen LogP contribution in [0.15, 0.2) is 194 Å². The van der Waals surface area contributed by atoms with Crippen molar-refractivity contribution in [2.75, 3.05) is 0 Å². The van der Waals surface area contributed by atoms with Gasteiger partial charge in [0.1, 0.15) is 0 Å². The monoisotopic (exact) mass is 715 g/mol. The molecule has 0 spiro atoms. The van der Waals surface area contributed by atoms with Crippen molar-refractivity contribution in [3.63, 3.8) is 0 Å². The number of para-hydroxylation sites is 4. The Bertz CT molecular complexity index is 3460. The maximum absolute atomic E-state index is 5.30. The molecule has 4 aromatic heterocycles. The average Bonchev–Trinajstić information content (AvgIpc) is 4.00. The highest BCUT2D eigenvalue weighted by Gasteiger charge is 2.22. The van der Waals surface area contributed by atoms with Crippen LogP contribution in [0.5, 0.6) is 0 Å². The van der Waals surface area contributed by atoms with Crippen molar-refractivity contribution in [2.24, 2.45) is 0 Å². The minimum Gasteiger partial charge on any atom is -0.323 e. The van der Waals surface area contributed by atoms with E-state index in [4.69, 9.17) is 4.98 Å². The lowest BCUT2D eigenvalue weighted by Crippen LogP contribution is -1.93. The highest BCUT2D eigenvalue weighted by atomic mass is 15.1. The van der Waals surface area contributed by atoms with Crippen molar-refractivity contribution >= 4 is 60.4 Å². The molecule has 262 valence electrons. The summed E-state index contributed by atoms with van der Waals surface area (Å²) in [5.41, 5.74) is 15.7. The zero-order valence-corrected chi connectivity index (χ0v) is 30.3. The quantitative estimate of drug-likeness (QED) is 0.189. The van der Waals surface area contributed by atoms with Crippen LogP contribution in [0.25, 0.3) is 105 Å². The molecule has 0 fully saturated rings. The van der Waals surface area contributed by atoms with Crippen LogP contribution in [0.2, 0.25) is 0 Å². The van der Waals surface area contributed by atoms with Gasteiger partial charge >= 0.3 is 0 Å². The Balaban J connectivity index is 1.09. The number of imidazole rings is 2. The molecule has 0 aliphatic carbocycles. The third kappa shape index (κ3) is 4.52. The molecule has 5 nitrogen and oxygen atoms in total. The van der Waals surface area contributed by atoms with E-state index in [-0.39, 0.29) is 0 Å². The first-order valence-corrected chi connectivity index (χ1v) is 19.1. The van der Waals surface area contributed by atoms with Crippen LogP contribution in [0.4, 0.5) is 0 Å². The van der Waals surface area contributed by atoms with Gasteiger partial charge in [0.25, 0.3) is 0 Å². The molecule has 0 saturated carbocycles. The Kier molecular flexibility index (Phi) is 6.56. The number of hydrogen-bond acceptors (Lipinski definition) is 1. The Morgan fingerprint density at radius 1 is 0.357 bits per heavy atom. The van der Waals surface area contributed by atoms with Gasteiger partial charge in [-0.1, -0.05) is 121 Å². The molecule has 4 heterocycles. The van der Waals surface area contributed by atoms with Gasteiger partial charge in [-0.15, -0.1) is 0 Å². The summed E-state index contributed by atoms with van der Waals surface area (Å²) >= 11 is 0. The fraction of sp³-hybridized carbons (Fsp3) is 0. The third-order valence-electron chi connectivity index (χ3n) is 11.4. The zero-order chi connectivity index (χ0) is 36.7. The Morgan fingerprint density at radius 3 is 1.46 bits per heavy atom. The molecule has 0 aliphatic rings. The number of nitrogens with zero attached hydrogens (tertiary/aromatic N) is 4. The fourth-order valence-corrected chi connectivity index (χ4v) is 8.91. The summed E-state index contributed by atoms with van der Waals surface area (Å²) in [6.07, 6.45) is 0. The van der Waals surface area contributed by atoms with E-state index in [1.165, 1.54) is 49.2 Å². The Hall–Kier alpha value is -7.63. The number of rotatable bonds is 5. The van der Waals surface area contributed by atoms with Gasteiger partial charge in [0.05, 0.1) is 44.5 Å². The van der Waals surface area contributed by atoms with Gasteiger partial charge in [-0.2, -0.15) is 0 Å². The molecule has 0 bridgehead atoms. The minimum absolute atomic E-state index is 0.819. The summed E-state index contributed by atoms with van der Waals surface area (Å²) in [7, 11) is 0. The maximum Gasteiger partial charge on any atom is 0.213 e. The molecular weight excluding hydrogens is 683 g/mol. The number of nitrogens with one attached hydrogen (secondary N) is 1. The van der Waals surface area contributed by atoms with Gasteiger partial charge in [0.15, 0.2) is 0 Å². The molecule has 0 radical (unpaired) electrons. The standard InChI is InChI=1S/C51H33N5/c1-4-14-33(15-5-1)49-50(36-26-29-47-42(31-36)40-21-11-13-23-45(40)55(47)38-18-8-3-9-19-38)56-48-32-35(24-27-43(48)52-51(56)53-49)34-25-28-46-41(30-34)39-20-10-12-22-44(39)54(46)37-16-6-2-7-17-37/h1-32H,(H,52,53). The van der Waals surface area contributed by atoms with E-state index in [2.05, 4.69) is 213 Å². The molecule has 12 aromatic rings. The van der Waals surface area contributed by atoms with Crippen molar-refractivity contribution in [1.82, 2.24) is 23.5 Å². The maximum atomic E-state index is 5.30. The predicted octanol–water partition coefficient (Wildman–Crippen LogP) is 13.0. The van der Waals surface area contributed by atoms with Crippen LogP contribution in [-0.2, 0) is 0 Å². The molecule has 0 amide bonds. The number of hydrogen-bond donors (Lipinski definition) is 1. The number of H-pyrrole nitrogens is 1. The summed E-state index contributed by atoms with van der Waals surface area (Å²) in [6.45, 7) is 0. The van der Waals surface area contributed by atoms with Gasteiger partial charge < -0.3 is 14.1 Å². The van der Waals surface area contributed by atoms with Gasteiger partial charge in [-0.05, 0) is 83.9 Å². The molecule has 0 atom stereocenters. The summed E-state index contributed by atoms with van der Waals surface area (Å²) < 4.78 is 7.05. The third-order valence-corrected chi connectivity index (χ3v) is 11.4. The lowest BCUT2D eigenvalue weighted by Gasteiger charge is -2.10. The smallest absolute Gasteiger partial charge is 0.213 e. The number of benzene rings is 8. The molecule has 5 heteroatoms. The molecule has 56 heavy (non-hydrogen) atoms. The highest BCUT2D eigenvalue weighted by molar-refractivity contribution is 6.12. The van der Waals surface area contributed by atoms with E-state index in [0.29, 0.717) is 0 Å². The molecule has 0 aliphatic heterocycles. The zero-order valence-electron chi connectivity index (χ0n) is 30.3. The Morgan fingerprint density at radius 2 is 0.839 bits per heavy atom. The average molecular weight is 716 g/mol. The van der Waals surface area contributed by atoms with Crippen LogP contribution >= 0.6 is 0 Å². The van der Waals surface area contributed by atoms with E-state index in [0.717, 1.165) is 56.3 Å². The number of aromatic nitrogens is 5. The second kappa shape index (κ2) is 11.9. The summed E-state index contributed by atoms with van der Waals surface area (Å²) in [6, 6.07) is 69.7. The minimum atomic E-state index is 0.819. The van der Waals surface area contributed by atoms with Crippen molar-refractivity contribution < 1.29 is 0 Å². The van der Waals surface area contributed by atoms with E-state index in [9.17, 15) is 0 Å². The van der Waals surface area contributed by atoms with E-state index in [1.54, 1.807) is 0 Å². The molecule has 12 rings (SSSR count). The first kappa shape index (κ1) is 30.8. The van der Waals surface area contributed by atoms with Crippen molar-refractivity contribution in [3.05, 3.63) is 194 Å². The number of aromatic amines is 1. The number of fused-ring (bicyclic) bond motifs is 9. The van der Waals surface area contributed by atoms with E-state index < -0.39 is 0 Å². The molecule has 8 aromatic carbocycles. The second-order valence-electron chi connectivity index (χ2n) is 14.5. The predicted molar refractivity (Wildman–Crippen MR) is 232 cm³/mol. The highest BCUT2D eigenvalue weighted by Crippen LogP contribution is 2.41. The van der Waals surface area contributed by atoms with Crippen LogP contribution in [0.1, 0.15) is 0 Å². The SMILES string of the molecule is c1ccc(-c2nc3[nH]c4ccc(-c5ccc6c(c5)c5ccccc5n6-c5ccccc5)cc4n3c2-c2ccc3c(c2)c2ccccc2n3-c2ccccc2)cc1. The first-order valence-electron chi connectivity index (χ1n) is 19.1. The normalized spacial score (nSPS) is 11.9. The topological polar surface area (TPSA) is 42.9 Å². The second-order valence-corrected chi connectivity index (χ2v) is 14.5. The van der Waals surface area contributed by atoms with Crippen LogP contribution in [-0.4, -0.2) is 23.5 Å². The summed E-state index contributed by atoms with van der Waals surface area (Å²) in [5, 5.41) is 4.91. The van der Waals surface area contributed by atoms with Crippen molar-refractivity contribution in [1.29, 1.82) is 0 Å². The molecule has 1 N–H and O–H groups in total. The lowest BCUT2D eigenvalue weighted by molar-refractivity contribution is 1.18.